The van der Waals surface area contributed by atoms with Crippen LogP contribution in [0.3, 0.4) is 0 Å². The molecule has 4 heterocycles. The third-order valence-corrected chi connectivity index (χ3v) is 7.55. The third-order valence-electron chi connectivity index (χ3n) is 6.66. The van der Waals surface area contributed by atoms with Crippen molar-refractivity contribution < 1.29 is 32.5 Å². The SMILES string of the molecule is CCOC1CCC([n+]2cc(NC(=O)c3csc(-c4cnn(COC(=O)CN)c4)n3)c(-c3nc(F)ccc3F)[nH]2)CC1. The molecule has 0 radical (unpaired) electrons. The Morgan fingerprint density at radius 2 is 2.05 bits per heavy atom. The summed E-state index contributed by atoms with van der Waals surface area (Å²) >= 11 is 1.22. The van der Waals surface area contributed by atoms with Gasteiger partial charge in [-0.15, -0.1) is 16.0 Å². The number of hydrogen-bond acceptors (Lipinski definition) is 9. The van der Waals surface area contributed by atoms with Gasteiger partial charge in [0.2, 0.25) is 12.1 Å². The van der Waals surface area contributed by atoms with Crippen molar-refractivity contribution in [2.45, 2.75) is 51.5 Å². The van der Waals surface area contributed by atoms with Crippen molar-refractivity contribution in [1.82, 2.24) is 24.8 Å². The molecule has 1 fully saturated rings. The first-order valence-electron chi connectivity index (χ1n) is 13.1. The molecule has 1 amide bonds. The molecule has 4 aromatic rings. The van der Waals surface area contributed by atoms with Gasteiger partial charge in [0.15, 0.2) is 24.3 Å². The average molecular weight is 588 g/mol. The van der Waals surface area contributed by atoms with Crippen molar-refractivity contribution in [3.05, 3.63) is 53.6 Å². The number of aromatic amines is 1. The minimum absolute atomic E-state index is 0.0549. The summed E-state index contributed by atoms with van der Waals surface area (Å²) in [6.07, 6.45) is 8.37. The maximum Gasteiger partial charge on any atom is 0.321 e. The number of esters is 1. The number of carbonyl (C=O) groups is 2. The Balaban J connectivity index is 1.36. The van der Waals surface area contributed by atoms with Crippen LogP contribution >= 0.6 is 11.3 Å². The van der Waals surface area contributed by atoms with Crippen molar-refractivity contribution in [2.24, 2.45) is 5.73 Å². The number of nitrogens with two attached hydrogens (primary N) is 1. The lowest BCUT2D eigenvalue weighted by Crippen LogP contribution is -2.43. The Morgan fingerprint density at radius 1 is 1.24 bits per heavy atom. The van der Waals surface area contributed by atoms with Gasteiger partial charge in [-0.2, -0.15) is 14.6 Å². The Hall–Kier alpha value is -4.08. The van der Waals surface area contributed by atoms with Gasteiger partial charge in [0, 0.05) is 36.6 Å². The van der Waals surface area contributed by atoms with Gasteiger partial charge >= 0.3 is 5.97 Å². The molecular weight excluding hydrogens is 558 g/mol. The number of nitrogens with one attached hydrogen (secondary N) is 2. The monoisotopic (exact) mass is 587 g/mol. The highest BCUT2D eigenvalue weighted by molar-refractivity contribution is 7.13. The smallest absolute Gasteiger partial charge is 0.321 e. The number of hydrogen-bond donors (Lipinski definition) is 3. The topological polar surface area (TPSA) is 154 Å². The first-order chi connectivity index (χ1) is 19.8. The first kappa shape index (κ1) is 28.4. The van der Waals surface area contributed by atoms with Crippen LogP contribution in [0.4, 0.5) is 14.5 Å². The normalized spacial score (nSPS) is 17.0. The molecule has 216 valence electrons. The fourth-order valence-electron chi connectivity index (χ4n) is 4.66. The van der Waals surface area contributed by atoms with E-state index in [1.807, 2.05) is 6.92 Å². The second kappa shape index (κ2) is 12.6. The highest BCUT2D eigenvalue weighted by Gasteiger charge is 2.32. The Kier molecular flexibility index (Phi) is 8.75. The van der Waals surface area contributed by atoms with Gasteiger partial charge in [-0.05, 0) is 31.9 Å². The quantitative estimate of drug-likeness (QED) is 0.145. The summed E-state index contributed by atoms with van der Waals surface area (Å²) < 4.78 is 42.6. The molecule has 1 aliphatic carbocycles. The fraction of sp³-hybridized carbons (Fsp3) is 0.385. The molecule has 41 heavy (non-hydrogen) atoms. The van der Waals surface area contributed by atoms with E-state index in [1.54, 1.807) is 22.5 Å². The Labute approximate surface area is 237 Å². The molecule has 5 rings (SSSR count). The van der Waals surface area contributed by atoms with Gasteiger partial charge < -0.3 is 20.5 Å². The van der Waals surface area contributed by atoms with Gasteiger partial charge in [0.1, 0.15) is 22.1 Å². The maximum absolute atomic E-state index is 14.8. The molecule has 0 spiro atoms. The fourth-order valence-corrected chi connectivity index (χ4v) is 5.43. The van der Waals surface area contributed by atoms with Crippen molar-refractivity contribution >= 4 is 28.9 Å². The van der Waals surface area contributed by atoms with E-state index in [-0.39, 0.29) is 48.2 Å². The summed E-state index contributed by atoms with van der Waals surface area (Å²) in [4.78, 5) is 32.6. The standard InChI is InChI=1S/C26H28F2N8O4S/c1-2-39-17-5-3-16(4-6-17)36-12-19(24(34-36)23-18(27)7-8-21(28)33-23)31-25(38)20-13-41-26(32-20)15-10-30-35(11-15)14-40-22(37)9-29/h7-8,10-13,16-17H,2-6,9,14,29H2,1H3,(H,31,38)/p+1. The zero-order valence-corrected chi connectivity index (χ0v) is 23.0. The predicted octanol–water partition coefficient (Wildman–Crippen LogP) is 3.19. The minimum Gasteiger partial charge on any atom is -0.441 e. The van der Waals surface area contributed by atoms with Crippen LogP contribution in [0.5, 0.6) is 0 Å². The molecule has 4 aromatic heterocycles. The number of anilines is 1. The number of aromatic nitrogens is 6. The van der Waals surface area contributed by atoms with Crippen LogP contribution in [0.15, 0.2) is 36.1 Å². The molecule has 0 bridgehead atoms. The summed E-state index contributed by atoms with van der Waals surface area (Å²) in [5, 5.41) is 12.1. The largest absolute Gasteiger partial charge is 0.441 e. The summed E-state index contributed by atoms with van der Waals surface area (Å²) in [5.74, 6) is -2.69. The van der Waals surface area contributed by atoms with Crippen molar-refractivity contribution in [3.63, 3.8) is 0 Å². The van der Waals surface area contributed by atoms with E-state index in [2.05, 4.69) is 25.5 Å². The van der Waals surface area contributed by atoms with Crippen LogP contribution in [0.1, 0.15) is 49.1 Å². The highest BCUT2D eigenvalue weighted by Crippen LogP contribution is 2.31. The second-order valence-corrected chi connectivity index (χ2v) is 10.3. The maximum atomic E-state index is 14.8. The van der Waals surface area contributed by atoms with Gasteiger partial charge in [0.05, 0.1) is 18.8 Å². The van der Waals surface area contributed by atoms with E-state index in [0.29, 0.717) is 17.2 Å². The summed E-state index contributed by atoms with van der Waals surface area (Å²) in [5.41, 5.74) is 6.11. The van der Waals surface area contributed by atoms with Crippen molar-refractivity contribution in [2.75, 3.05) is 18.5 Å². The molecule has 0 unspecified atom stereocenters. The Bertz CT molecular complexity index is 1530. The van der Waals surface area contributed by atoms with Crippen molar-refractivity contribution in [1.29, 1.82) is 0 Å². The van der Waals surface area contributed by atoms with E-state index < -0.39 is 23.6 Å². The number of thiazole rings is 1. The molecule has 4 N–H and O–H groups in total. The van der Waals surface area contributed by atoms with E-state index in [1.165, 1.54) is 22.2 Å². The number of carbonyl (C=O) groups excluding carboxylic acids is 2. The van der Waals surface area contributed by atoms with Crippen LogP contribution in [-0.4, -0.2) is 56.0 Å². The van der Waals surface area contributed by atoms with Crippen LogP contribution < -0.4 is 15.7 Å². The number of nitrogens with zero attached hydrogens (tertiary/aromatic N) is 5. The zero-order valence-electron chi connectivity index (χ0n) is 22.2. The molecule has 12 nitrogen and oxygen atoms in total. The minimum atomic E-state index is -0.848. The number of rotatable bonds is 10. The predicted molar refractivity (Wildman–Crippen MR) is 143 cm³/mol. The molecule has 1 saturated carbocycles. The molecular formula is C26H29F2N8O4S+. The molecule has 15 heteroatoms. The van der Waals surface area contributed by atoms with Crippen LogP contribution in [0.25, 0.3) is 22.0 Å². The molecule has 0 saturated heterocycles. The summed E-state index contributed by atoms with van der Waals surface area (Å²) in [6, 6.07) is 1.98. The number of pyridine rings is 1. The highest BCUT2D eigenvalue weighted by atomic mass is 32.1. The van der Waals surface area contributed by atoms with Crippen LogP contribution in [-0.2, 0) is 21.0 Å². The number of amides is 1. The lowest BCUT2D eigenvalue weighted by Gasteiger charge is -2.24. The summed E-state index contributed by atoms with van der Waals surface area (Å²) in [7, 11) is 0. The average Bonchev–Trinajstić information content (AvgIpc) is 3.74. The van der Waals surface area contributed by atoms with E-state index >= 15 is 0 Å². The molecule has 0 atom stereocenters. The summed E-state index contributed by atoms with van der Waals surface area (Å²) in [6.45, 7) is 2.28. The lowest BCUT2D eigenvalue weighted by molar-refractivity contribution is -0.775. The second-order valence-electron chi connectivity index (χ2n) is 9.40. The van der Waals surface area contributed by atoms with Crippen LogP contribution in [0, 0.1) is 11.8 Å². The van der Waals surface area contributed by atoms with Gasteiger partial charge in [-0.25, -0.2) is 19.0 Å². The number of halogens is 2. The zero-order chi connectivity index (χ0) is 28.9. The van der Waals surface area contributed by atoms with Crippen molar-refractivity contribution in [3.8, 4) is 22.0 Å². The van der Waals surface area contributed by atoms with E-state index in [9.17, 15) is 18.4 Å². The molecule has 1 aliphatic rings. The molecule has 0 aromatic carbocycles. The van der Waals surface area contributed by atoms with E-state index in [0.717, 1.165) is 37.8 Å². The van der Waals surface area contributed by atoms with Gasteiger partial charge in [0.25, 0.3) is 5.91 Å². The Morgan fingerprint density at radius 3 is 2.80 bits per heavy atom. The lowest BCUT2D eigenvalue weighted by atomic mass is 9.93. The van der Waals surface area contributed by atoms with Gasteiger partial charge in [-0.3, -0.25) is 9.59 Å². The third kappa shape index (κ3) is 6.64. The van der Waals surface area contributed by atoms with Gasteiger partial charge in [-0.1, -0.05) is 0 Å². The number of ether oxygens (including phenoxy) is 2. The number of H-pyrrole nitrogens is 1. The van der Waals surface area contributed by atoms with Crippen LogP contribution in [0.2, 0.25) is 0 Å². The first-order valence-corrected chi connectivity index (χ1v) is 14.0. The molecule has 0 aliphatic heterocycles. The van der Waals surface area contributed by atoms with E-state index in [4.69, 9.17) is 15.2 Å².